The largest absolute Gasteiger partial charge is 0.574 e. The fourth-order valence-corrected chi connectivity index (χ4v) is 2.08. The van der Waals surface area contributed by atoms with E-state index in [1.807, 2.05) is 0 Å². The van der Waals surface area contributed by atoms with Gasteiger partial charge < -0.3 is 9.84 Å². The van der Waals surface area contributed by atoms with Crippen molar-refractivity contribution in [1.82, 2.24) is 14.8 Å². The van der Waals surface area contributed by atoms with Crippen molar-refractivity contribution in [3.63, 3.8) is 0 Å². The Morgan fingerprint density at radius 2 is 1.72 bits per heavy atom. The van der Waals surface area contributed by atoms with Crippen molar-refractivity contribution < 1.29 is 36.2 Å². The van der Waals surface area contributed by atoms with Gasteiger partial charge in [-0.2, -0.15) is 18.2 Å². The van der Waals surface area contributed by atoms with Crippen molar-refractivity contribution >= 4 is 11.0 Å². The highest BCUT2D eigenvalue weighted by Crippen LogP contribution is 2.34. The first kappa shape index (κ1) is 16.9. The zero-order valence-corrected chi connectivity index (χ0v) is 11.9. The summed E-state index contributed by atoms with van der Waals surface area (Å²) in [4.78, 5) is 3.56. The van der Waals surface area contributed by atoms with Gasteiger partial charge in [0.1, 0.15) is 11.4 Å². The molecule has 132 valence electrons. The third-order valence-corrected chi connectivity index (χ3v) is 3.11. The Morgan fingerprint density at radius 1 is 1.00 bits per heavy atom. The van der Waals surface area contributed by atoms with Crippen molar-refractivity contribution in [3.8, 4) is 17.3 Å². The van der Waals surface area contributed by atoms with E-state index in [1.54, 1.807) is 0 Å². The van der Waals surface area contributed by atoms with Crippen molar-refractivity contribution in [2.45, 2.75) is 12.5 Å². The van der Waals surface area contributed by atoms with E-state index in [4.69, 9.17) is 0 Å². The van der Waals surface area contributed by atoms with E-state index in [1.165, 1.54) is 12.3 Å². The number of phenols is 1. The van der Waals surface area contributed by atoms with E-state index < -0.39 is 29.7 Å². The molecule has 0 aliphatic heterocycles. The number of aromatic nitrogens is 3. The van der Waals surface area contributed by atoms with Crippen molar-refractivity contribution in [2.24, 2.45) is 0 Å². The lowest BCUT2D eigenvalue weighted by molar-refractivity contribution is -0.276. The van der Waals surface area contributed by atoms with Crippen LogP contribution in [0.15, 0.2) is 36.5 Å². The predicted molar refractivity (Wildman–Crippen MR) is 72.2 cm³/mol. The molecule has 0 aliphatic carbocycles. The molecule has 0 spiro atoms. The maximum Gasteiger partial charge on any atom is 0.574 e. The summed E-state index contributed by atoms with van der Waals surface area (Å²) in [6, 6.07) is 4.46. The number of hydrogen-bond acceptors (Lipinski definition) is 4. The monoisotopic (exact) mass is 363 g/mol. The topological polar surface area (TPSA) is 60.2 Å². The van der Waals surface area contributed by atoms with E-state index >= 15 is 0 Å². The van der Waals surface area contributed by atoms with Crippen LogP contribution in [-0.4, -0.2) is 26.2 Å². The molecule has 25 heavy (non-hydrogen) atoms. The number of rotatable bonds is 2. The molecule has 3 aromatic rings. The molecule has 0 saturated heterocycles. The second-order valence-electron chi connectivity index (χ2n) is 4.89. The molecular weight excluding hydrogens is 356 g/mol. The van der Waals surface area contributed by atoms with Crippen LogP contribution in [0.5, 0.6) is 11.6 Å². The average Bonchev–Trinajstić information content (AvgIpc) is 2.87. The lowest BCUT2D eigenvalue weighted by atomic mass is 10.2. The number of alkyl halides is 6. The minimum Gasteiger partial charge on any atom is -0.506 e. The van der Waals surface area contributed by atoms with Crippen LogP contribution in [0, 0.1) is 0 Å². The zero-order chi connectivity index (χ0) is 18.4. The second kappa shape index (κ2) is 5.53. The molecule has 1 aromatic carbocycles. The number of pyridine rings is 1. The summed E-state index contributed by atoms with van der Waals surface area (Å²) >= 11 is 0. The summed E-state index contributed by atoms with van der Waals surface area (Å²) in [5.74, 6) is -1.43. The van der Waals surface area contributed by atoms with Gasteiger partial charge in [0.05, 0.1) is 5.56 Å². The van der Waals surface area contributed by atoms with E-state index in [0.717, 1.165) is 22.9 Å². The highest BCUT2D eigenvalue weighted by Gasteiger charge is 2.32. The van der Waals surface area contributed by atoms with Gasteiger partial charge in [0.2, 0.25) is 5.88 Å². The number of halogens is 6. The lowest BCUT2D eigenvalue weighted by Gasteiger charge is -2.09. The quantitative estimate of drug-likeness (QED) is 0.698. The van der Waals surface area contributed by atoms with Gasteiger partial charge >= 0.3 is 12.5 Å². The SMILES string of the molecule is Oc1cc(C(F)(F)F)ccc1-n1cc2ccc(OC(F)(F)F)nc2n1. The van der Waals surface area contributed by atoms with Crippen LogP contribution in [0.25, 0.3) is 16.7 Å². The van der Waals surface area contributed by atoms with Gasteiger partial charge in [-0.15, -0.1) is 18.3 Å². The molecule has 2 aromatic heterocycles. The Hall–Kier alpha value is -2.98. The van der Waals surface area contributed by atoms with Gasteiger partial charge in [0, 0.05) is 17.6 Å². The molecule has 1 N–H and O–H groups in total. The van der Waals surface area contributed by atoms with Gasteiger partial charge in [0.15, 0.2) is 5.65 Å². The molecule has 2 heterocycles. The predicted octanol–water partition coefficient (Wildman–Crippen LogP) is 4.04. The van der Waals surface area contributed by atoms with Gasteiger partial charge in [-0.05, 0) is 24.3 Å². The summed E-state index contributed by atoms with van der Waals surface area (Å²) in [5.41, 5.74) is -1.28. The Kier molecular flexibility index (Phi) is 3.73. The minimum absolute atomic E-state index is 0.0933. The van der Waals surface area contributed by atoms with Crippen molar-refractivity contribution in [1.29, 1.82) is 0 Å². The highest BCUT2D eigenvalue weighted by atomic mass is 19.4. The van der Waals surface area contributed by atoms with E-state index in [-0.39, 0.29) is 11.3 Å². The number of fused-ring (bicyclic) bond motifs is 1. The van der Waals surface area contributed by atoms with Gasteiger partial charge in [-0.25, -0.2) is 4.68 Å². The number of ether oxygens (including phenoxy) is 1. The molecule has 0 atom stereocenters. The number of nitrogens with zero attached hydrogens (tertiary/aromatic N) is 3. The Balaban J connectivity index is 1.99. The van der Waals surface area contributed by atoms with Crippen molar-refractivity contribution in [2.75, 3.05) is 0 Å². The zero-order valence-electron chi connectivity index (χ0n) is 11.9. The first-order valence-electron chi connectivity index (χ1n) is 6.56. The fourth-order valence-electron chi connectivity index (χ4n) is 2.08. The van der Waals surface area contributed by atoms with E-state index in [9.17, 15) is 31.4 Å². The van der Waals surface area contributed by atoms with Crippen LogP contribution in [0.1, 0.15) is 5.56 Å². The van der Waals surface area contributed by atoms with E-state index in [2.05, 4.69) is 14.8 Å². The number of benzene rings is 1. The molecule has 0 saturated carbocycles. The maximum absolute atomic E-state index is 12.6. The normalized spacial score (nSPS) is 12.6. The third-order valence-electron chi connectivity index (χ3n) is 3.11. The van der Waals surface area contributed by atoms with Crippen LogP contribution in [-0.2, 0) is 6.18 Å². The highest BCUT2D eigenvalue weighted by molar-refractivity contribution is 5.75. The van der Waals surface area contributed by atoms with Crippen LogP contribution >= 0.6 is 0 Å². The van der Waals surface area contributed by atoms with Crippen LogP contribution in [0.2, 0.25) is 0 Å². The molecule has 0 amide bonds. The maximum atomic E-state index is 12.6. The van der Waals surface area contributed by atoms with Crippen LogP contribution < -0.4 is 4.74 Å². The smallest absolute Gasteiger partial charge is 0.506 e. The molecule has 0 fully saturated rings. The molecule has 0 unspecified atom stereocenters. The third kappa shape index (κ3) is 3.59. The summed E-state index contributed by atoms with van der Waals surface area (Å²) < 4.78 is 79.0. The van der Waals surface area contributed by atoms with E-state index in [0.29, 0.717) is 11.5 Å². The minimum atomic E-state index is -4.92. The Labute approximate surface area is 135 Å². The molecular formula is C14H7F6N3O2. The van der Waals surface area contributed by atoms with Gasteiger partial charge in [-0.1, -0.05) is 0 Å². The Bertz CT molecular complexity index is 932. The lowest BCUT2D eigenvalue weighted by Crippen LogP contribution is -2.17. The number of hydrogen-bond donors (Lipinski definition) is 1. The molecule has 3 rings (SSSR count). The fraction of sp³-hybridized carbons (Fsp3) is 0.143. The average molecular weight is 363 g/mol. The molecule has 0 radical (unpaired) electrons. The first-order valence-corrected chi connectivity index (χ1v) is 6.56. The molecule has 0 aliphatic rings. The van der Waals surface area contributed by atoms with Crippen molar-refractivity contribution in [3.05, 3.63) is 42.1 Å². The first-order chi connectivity index (χ1) is 11.5. The molecule has 5 nitrogen and oxygen atoms in total. The summed E-state index contributed by atoms with van der Waals surface area (Å²) in [6.45, 7) is 0. The van der Waals surface area contributed by atoms with Gasteiger partial charge in [-0.3, -0.25) is 0 Å². The molecule has 11 heteroatoms. The number of aromatic hydroxyl groups is 1. The van der Waals surface area contributed by atoms with Crippen LogP contribution in [0.3, 0.4) is 0 Å². The summed E-state index contributed by atoms with van der Waals surface area (Å²) in [5, 5.41) is 13.9. The Morgan fingerprint density at radius 3 is 2.32 bits per heavy atom. The van der Waals surface area contributed by atoms with Gasteiger partial charge in [0.25, 0.3) is 0 Å². The summed E-state index contributed by atoms with van der Waals surface area (Å²) in [7, 11) is 0. The van der Waals surface area contributed by atoms with Crippen LogP contribution in [0.4, 0.5) is 26.3 Å². The molecule has 0 bridgehead atoms. The summed E-state index contributed by atoms with van der Waals surface area (Å²) in [6.07, 6.45) is -8.26. The second-order valence-corrected chi connectivity index (χ2v) is 4.89. The number of phenolic OH excluding ortho intramolecular Hbond substituents is 1. The standard InChI is InChI=1S/C14H7F6N3O2/c15-13(16,17)8-2-3-9(10(24)5-8)23-6-7-1-4-11(21-12(7)22-23)25-14(18,19)20/h1-6,24H.